The average molecular weight is 230 g/mol. The zero-order valence-corrected chi connectivity index (χ0v) is 9.31. The lowest BCUT2D eigenvalue weighted by Crippen LogP contribution is -1.91. The van der Waals surface area contributed by atoms with E-state index in [0.29, 0.717) is 16.7 Å². The van der Waals surface area contributed by atoms with Gasteiger partial charge < -0.3 is 4.74 Å². The van der Waals surface area contributed by atoms with E-state index in [0.717, 1.165) is 6.29 Å². The Labute approximate surface area is 98.7 Å². The van der Waals surface area contributed by atoms with E-state index in [1.54, 1.807) is 42.5 Å². The first-order chi connectivity index (χ1) is 8.26. The van der Waals surface area contributed by atoms with E-state index in [-0.39, 0.29) is 5.75 Å². The Morgan fingerprint density at radius 1 is 1.12 bits per heavy atom. The summed E-state index contributed by atoms with van der Waals surface area (Å²) in [6, 6.07) is 11.7. The summed E-state index contributed by atoms with van der Waals surface area (Å²) < 4.78 is 18.9. The first-order valence-electron chi connectivity index (χ1n) is 5.14. The fraction of sp³-hybridized carbons (Fsp3) is 0.0714. The van der Waals surface area contributed by atoms with Gasteiger partial charge in [-0.2, -0.15) is 0 Å². The molecule has 0 fully saturated rings. The molecule has 0 spiro atoms. The number of benzene rings is 2. The van der Waals surface area contributed by atoms with Gasteiger partial charge in [0.15, 0.2) is 11.6 Å². The van der Waals surface area contributed by atoms with E-state index in [9.17, 15) is 9.18 Å². The average Bonchev–Trinajstić information content (AvgIpc) is 2.39. The normalized spacial score (nSPS) is 10.0. The molecule has 2 aromatic rings. The fourth-order valence-electron chi connectivity index (χ4n) is 1.63. The fourth-order valence-corrected chi connectivity index (χ4v) is 1.63. The minimum absolute atomic E-state index is 0.210. The van der Waals surface area contributed by atoms with Crippen LogP contribution in [-0.2, 0) is 0 Å². The maximum atomic E-state index is 13.9. The molecule has 0 aliphatic carbocycles. The zero-order chi connectivity index (χ0) is 12.3. The molecule has 3 heteroatoms. The number of ether oxygens (including phenoxy) is 1. The van der Waals surface area contributed by atoms with Crippen LogP contribution in [-0.4, -0.2) is 13.4 Å². The van der Waals surface area contributed by atoms with Crippen molar-refractivity contribution in [1.29, 1.82) is 0 Å². The molecule has 0 N–H and O–H groups in total. The third-order valence-electron chi connectivity index (χ3n) is 2.54. The Morgan fingerprint density at radius 3 is 2.41 bits per heavy atom. The van der Waals surface area contributed by atoms with Crippen LogP contribution < -0.4 is 4.74 Å². The zero-order valence-electron chi connectivity index (χ0n) is 9.31. The van der Waals surface area contributed by atoms with Crippen molar-refractivity contribution in [3.05, 3.63) is 53.8 Å². The molecule has 0 bridgehead atoms. The minimum Gasteiger partial charge on any atom is -0.494 e. The van der Waals surface area contributed by atoms with Crippen LogP contribution in [0, 0.1) is 5.82 Å². The van der Waals surface area contributed by atoms with Crippen molar-refractivity contribution < 1.29 is 13.9 Å². The molecule has 86 valence electrons. The third kappa shape index (κ3) is 2.18. The Balaban J connectivity index is 2.48. The standard InChI is InChI=1S/C14H11FO2/c1-17-13-4-2-3-12(14(13)15)11-7-5-10(9-16)6-8-11/h2-9H,1H3. The molecule has 17 heavy (non-hydrogen) atoms. The number of aldehydes is 1. The molecule has 0 radical (unpaired) electrons. The van der Waals surface area contributed by atoms with Gasteiger partial charge in [0.2, 0.25) is 0 Å². The number of carbonyl (C=O) groups is 1. The van der Waals surface area contributed by atoms with Crippen molar-refractivity contribution in [3.8, 4) is 16.9 Å². The second-order valence-electron chi connectivity index (χ2n) is 3.56. The number of halogens is 1. The monoisotopic (exact) mass is 230 g/mol. The summed E-state index contributed by atoms with van der Waals surface area (Å²) in [5, 5.41) is 0. The second-order valence-corrected chi connectivity index (χ2v) is 3.56. The molecule has 0 saturated heterocycles. The van der Waals surface area contributed by atoms with Gasteiger partial charge in [-0.15, -0.1) is 0 Å². The number of rotatable bonds is 3. The van der Waals surface area contributed by atoms with Gasteiger partial charge in [0, 0.05) is 11.1 Å². The number of hydrogen-bond donors (Lipinski definition) is 0. The molecule has 0 aliphatic rings. The molecule has 0 amide bonds. The highest BCUT2D eigenvalue weighted by Gasteiger charge is 2.09. The quantitative estimate of drug-likeness (QED) is 0.756. The topological polar surface area (TPSA) is 26.3 Å². The highest BCUT2D eigenvalue weighted by atomic mass is 19.1. The lowest BCUT2D eigenvalue weighted by Gasteiger charge is -2.07. The van der Waals surface area contributed by atoms with Gasteiger partial charge in [-0.05, 0) is 11.6 Å². The van der Waals surface area contributed by atoms with E-state index < -0.39 is 5.82 Å². The van der Waals surface area contributed by atoms with E-state index in [1.165, 1.54) is 7.11 Å². The van der Waals surface area contributed by atoms with Gasteiger partial charge in [0.25, 0.3) is 0 Å². The first kappa shape index (κ1) is 11.3. The number of methoxy groups -OCH3 is 1. The SMILES string of the molecule is COc1cccc(-c2ccc(C=O)cc2)c1F. The van der Waals surface area contributed by atoms with Crippen LogP contribution in [0.15, 0.2) is 42.5 Å². The first-order valence-corrected chi connectivity index (χ1v) is 5.14. The molecule has 0 aliphatic heterocycles. The summed E-state index contributed by atoms with van der Waals surface area (Å²) in [5.41, 5.74) is 1.74. The molecule has 0 atom stereocenters. The summed E-state index contributed by atoms with van der Waals surface area (Å²) >= 11 is 0. The molecule has 2 aromatic carbocycles. The minimum atomic E-state index is -0.395. The highest BCUT2D eigenvalue weighted by molar-refractivity contribution is 5.77. The number of hydrogen-bond acceptors (Lipinski definition) is 2. The molecule has 0 unspecified atom stereocenters. The van der Waals surface area contributed by atoms with E-state index in [1.807, 2.05) is 0 Å². The van der Waals surface area contributed by atoms with Gasteiger partial charge in [-0.1, -0.05) is 36.4 Å². The van der Waals surface area contributed by atoms with Crippen molar-refractivity contribution >= 4 is 6.29 Å². The van der Waals surface area contributed by atoms with Crippen LogP contribution >= 0.6 is 0 Å². The van der Waals surface area contributed by atoms with Crippen LogP contribution in [0.5, 0.6) is 5.75 Å². The van der Waals surface area contributed by atoms with Crippen molar-refractivity contribution in [1.82, 2.24) is 0 Å². The largest absolute Gasteiger partial charge is 0.494 e. The summed E-state index contributed by atoms with van der Waals surface area (Å²) in [6.45, 7) is 0. The highest BCUT2D eigenvalue weighted by Crippen LogP contribution is 2.28. The Morgan fingerprint density at radius 2 is 1.82 bits per heavy atom. The molecule has 2 rings (SSSR count). The molecular formula is C14H11FO2. The predicted molar refractivity (Wildman–Crippen MR) is 63.8 cm³/mol. The maximum Gasteiger partial charge on any atom is 0.172 e. The molecule has 0 saturated carbocycles. The molecular weight excluding hydrogens is 219 g/mol. The van der Waals surface area contributed by atoms with E-state index in [2.05, 4.69) is 0 Å². The van der Waals surface area contributed by atoms with Crippen LogP contribution in [0.1, 0.15) is 10.4 Å². The van der Waals surface area contributed by atoms with Gasteiger partial charge >= 0.3 is 0 Å². The lowest BCUT2D eigenvalue weighted by molar-refractivity contribution is 0.112. The molecule has 2 nitrogen and oxygen atoms in total. The summed E-state index contributed by atoms with van der Waals surface area (Å²) in [4.78, 5) is 10.5. The van der Waals surface area contributed by atoms with Gasteiger partial charge in [0.05, 0.1) is 7.11 Å². The van der Waals surface area contributed by atoms with Crippen molar-refractivity contribution in [3.63, 3.8) is 0 Å². The molecule has 0 aromatic heterocycles. The lowest BCUT2D eigenvalue weighted by atomic mass is 10.0. The third-order valence-corrected chi connectivity index (χ3v) is 2.54. The van der Waals surface area contributed by atoms with Crippen molar-refractivity contribution in [2.45, 2.75) is 0 Å². The summed E-state index contributed by atoms with van der Waals surface area (Å²) in [7, 11) is 1.43. The second kappa shape index (κ2) is 4.78. The van der Waals surface area contributed by atoms with Gasteiger partial charge in [-0.3, -0.25) is 4.79 Å². The van der Waals surface area contributed by atoms with Crippen LogP contribution in [0.2, 0.25) is 0 Å². The molecule has 0 heterocycles. The Hall–Kier alpha value is -2.16. The smallest absolute Gasteiger partial charge is 0.172 e. The van der Waals surface area contributed by atoms with Crippen LogP contribution in [0.4, 0.5) is 4.39 Å². The summed E-state index contributed by atoms with van der Waals surface area (Å²) in [5.74, 6) is -0.184. The van der Waals surface area contributed by atoms with Gasteiger partial charge in [0.1, 0.15) is 6.29 Å². The van der Waals surface area contributed by atoms with Crippen molar-refractivity contribution in [2.75, 3.05) is 7.11 Å². The van der Waals surface area contributed by atoms with Crippen LogP contribution in [0.25, 0.3) is 11.1 Å². The van der Waals surface area contributed by atoms with E-state index >= 15 is 0 Å². The predicted octanol–water partition coefficient (Wildman–Crippen LogP) is 3.31. The van der Waals surface area contributed by atoms with Crippen molar-refractivity contribution in [2.24, 2.45) is 0 Å². The van der Waals surface area contributed by atoms with E-state index in [4.69, 9.17) is 4.74 Å². The van der Waals surface area contributed by atoms with Gasteiger partial charge in [-0.25, -0.2) is 4.39 Å². The summed E-state index contributed by atoms with van der Waals surface area (Å²) in [6.07, 6.45) is 0.756. The Kier molecular flexibility index (Phi) is 3.19. The van der Waals surface area contributed by atoms with Crippen LogP contribution in [0.3, 0.4) is 0 Å². The maximum absolute atomic E-state index is 13.9. The number of carbonyl (C=O) groups excluding carboxylic acids is 1. The Bertz CT molecular complexity index is 532.